The van der Waals surface area contributed by atoms with Gasteiger partial charge in [-0.05, 0) is 29.3 Å². The summed E-state index contributed by atoms with van der Waals surface area (Å²) in [6, 6.07) is 29.5. The third-order valence-electron chi connectivity index (χ3n) is 4.83. The number of aliphatic hydroxyl groups is 1. The van der Waals surface area contributed by atoms with E-state index in [2.05, 4.69) is 10.2 Å². The summed E-state index contributed by atoms with van der Waals surface area (Å²) in [7, 11) is 0. The van der Waals surface area contributed by atoms with Gasteiger partial charge in [-0.2, -0.15) is 4.73 Å². The van der Waals surface area contributed by atoms with Gasteiger partial charge in [-0.15, -0.1) is 10.2 Å². The Bertz CT molecular complexity index is 1320. The van der Waals surface area contributed by atoms with Crippen molar-refractivity contribution < 1.29 is 46.3 Å². The molecule has 1 aromatic heterocycles. The Labute approximate surface area is 236 Å². The van der Waals surface area contributed by atoms with Gasteiger partial charge in [-0.3, -0.25) is 4.79 Å². The number of pyridine rings is 1. The predicted octanol–water partition coefficient (Wildman–Crippen LogP) is 4.91. The van der Waals surface area contributed by atoms with Crippen LogP contribution >= 0.6 is 0 Å². The van der Waals surface area contributed by atoms with E-state index in [4.69, 9.17) is 19.4 Å². The van der Waals surface area contributed by atoms with Crippen molar-refractivity contribution in [1.82, 2.24) is 0 Å². The SMILES string of the molecule is CC(=O)O.[Cu].[O-][n+]1ccccc1/C=N/N=C(\O)c1cc(OCc2ccccc2)cc(OCc2ccccc2)c1. The first-order chi connectivity index (χ1) is 18.4. The van der Waals surface area contributed by atoms with Crippen molar-refractivity contribution in [1.29, 1.82) is 0 Å². The van der Waals surface area contributed by atoms with Crippen LogP contribution in [0.3, 0.4) is 0 Å². The average molecular weight is 577 g/mol. The number of carbonyl (C=O) groups is 1. The number of aliphatic hydroxyl groups excluding tert-OH is 1. The molecule has 39 heavy (non-hydrogen) atoms. The number of ether oxygens (including phenoxy) is 2. The zero-order valence-electron chi connectivity index (χ0n) is 21.0. The molecule has 4 aromatic rings. The van der Waals surface area contributed by atoms with Gasteiger partial charge in [0.25, 0.3) is 5.97 Å². The number of aromatic nitrogens is 1. The monoisotopic (exact) mass is 576 g/mol. The average Bonchev–Trinajstić information content (AvgIpc) is 2.92. The molecular weight excluding hydrogens is 550 g/mol. The molecule has 205 valence electrons. The minimum atomic E-state index is -0.833. The van der Waals surface area contributed by atoms with Crippen LogP contribution in [-0.2, 0) is 35.1 Å². The van der Waals surface area contributed by atoms with Crippen LogP contribution in [0.15, 0.2) is 113 Å². The zero-order valence-corrected chi connectivity index (χ0v) is 21.9. The molecule has 0 unspecified atom stereocenters. The first-order valence-corrected chi connectivity index (χ1v) is 11.6. The summed E-state index contributed by atoms with van der Waals surface area (Å²) in [4.78, 5) is 9.00. The smallest absolute Gasteiger partial charge is 0.300 e. The third-order valence-corrected chi connectivity index (χ3v) is 4.83. The quantitative estimate of drug-likeness (QED) is 0.0728. The molecule has 0 amide bonds. The number of nitrogens with zero attached hydrogens (tertiary/aromatic N) is 3. The second-order valence-corrected chi connectivity index (χ2v) is 7.88. The van der Waals surface area contributed by atoms with Crippen LogP contribution in [0.4, 0.5) is 0 Å². The van der Waals surface area contributed by atoms with Gasteiger partial charge >= 0.3 is 0 Å². The standard InChI is InChI=1S/C27H23N3O4.C2H4O2.Cu/c31-27(29-28-18-24-13-7-8-14-30(24)32)23-15-25(33-19-21-9-3-1-4-10-21)17-26(16-23)34-20-22-11-5-2-6-12-22;1-2(3)4;/h1-18H,19-20H2,(H,29,31);1H3,(H,3,4);/b28-18+;;. The van der Waals surface area contributed by atoms with Crippen LogP contribution in [0.1, 0.15) is 29.3 Å². The minimum absolute atomic E-state index is 0. The van der Waals surface area contributed by atoms with Crippen molar-refractivity contribution >= 4 is 18.1 Å². The fourth-order valence-electron chi connectivity index (χ4n) is 3.09. The van der Waals surface area contributed by atoms with Crippen LogP contribution in [0.25, 0.3) is 0 Å². The Hall–Kier alpha value is -4.66. The molecular formula is C29H27CuN3O6. The van der Waals surface area contributed by atoms with Crippen LogP contribution in [0.5, 0.6) is 11.5 Å². The molecule has 1 heterocycles. The maximum atomic E-state index is 11.7. The minimum Gasteiger partial charge on any atom is -0.618 e. The summed E-state index contributed by atoms with van der Waals surface area (Å²) in [5.41, 5.74) is 2.69. The molecule has 0 spiro atoms. The van der Waals surface area contributed by atoms with Crippen LogP contribution in [0.2, 0.25) is 0 Å². The van der Waals surface area contributed by atoms with Gasteiger partial charge < -0.3 is 24.9 Å². The molecule has 10 heteroatoms. The van der Waals surface area contributed by atoms with Gasteiger partial charge in [0.15, 0.2) is 6.20 Å². The summed E-state index contributed by atoms with van der Waals surface area (Å²) in [5, 5.41) is 37.3. The van der Waals surface area contributed by atoms with Crippen molar-refractivity contribution in [2.75, 3.05) is 0 Å². The topological polar surface area (TPSA) is 128 Å². The van der Waals surface area contributed by atoms with E-state index in [1.165, 1.54) is 12.4 Å². The maximum absolute atomic E-state index is 11.7. The van der Waals surface area contributed by atoms with E-state index in [1.54, 1.807) is 36.4 Å². The van der Waals surface area contributed by atoms with E-state index in [0.717, 1.165) is 18.1 Å². The number of aliphatic carboxylic acids is 1. The molecule has 0 fully saturated rings. The molecule has 0 aliphatic heterocycles. The van der Waals surface area contributed by atoms with Gasteiger partial charge in [0.2, 0.25) is 11.6 Å². The molecule has 2 N–H and O–H groups in total. The fourth-order valence-corrected chi connectivity index (χ4v) is 3.09. The zero-order chi connectivity index (χ0) is 27.2. The van der Waals surface area contributed by atoms with Crippen molar-refractivity contribution in [2.24, 2.45) is 10.2 Å². The molecule has 0 bridgehead atoms. The van der Waals surface area contributed by atoms with Crippen molar-refractivity contribution in [3.05, 3.63) is 131 Å². The van der Waals surface area contributed by atoms with Gasteiger partial charge in [0.1, 0.15) is 30.9 Å². The number of benzene rings is 3. The summed E-state index contributed by atoms with van der Waals surface area (Å²) in [5.74, 6) is -0.148. The molecule has 0 aliphatic carbocycles. The van der Waals surface area contributed by atoms with E-state index in [1.807, 2.05) is 60.7 Å². The van der Waals surface area contributed by atoms with Crippen LogP contribution < -0.4 is 14.2 Å². The van der Waals surface area contributed by atoms with E-state index in [0.29, 0.717) is 40.7 Å². The van der Waals surface area contributed by atoms with E-state index < -0.39 is 5.97 Å². The number of hydrogen-bond donors (Lipinski definition) is 2. The molecule has 0 saturated carbocycles. The van der Waals surface area contributed by atoms with E-state index >= 15 is 0 Å². The van der Waals surface area contributed by atoms with Crippen molar-refractivity contribution in [3.8, 4) is 11.5 Å². The first-order valence-electron chi connectivity index (χ1n) is 11.6. The van der Waals surface area contributed by atoms with E-state index in [-0.39, 0.29) is 23.0 Å². The van der Waals surface area contributed by atoms with Crippen molar-refractivity contribution in [3.63, 3.8) is 0 Å². The Balaban J connectivity index is 0.000000998. The molecule has 3 aromatic carbocycles. The Morgan fingerprint density at radius 1 is 0.846 bits per heavy atom. The van der Waals surface area contributed by atoms with Gasteiger partial charge in [0, 0.05) is 47.8 Å². The van der Waals surface area contributed by atoms with E-state index in [9.17, 15) is 10.3 Å². The Morgan fingerprint density at radius 2 is 1.33 bits per heavy atom. The van der Waals surface area contributed by atoms with Crippen molar-refractivity contribution in [2.45, 2.75) is 20.1 Å². The van der Waals surface area contributed by atoms with Crippen LogP contribution in [-0.4, -0.2) is 28.3 Å². The van der Waals surface area contributed by atoms with Gasteiger partial charge in [-0.1, -0.05) is 60.7 Å². The predicted molar refractivity (Wildman–Crippen MR) is 143 cm³/mol. The van der Waals surface area contributed by atoms with Gasteiger partial charge in [0.05, 0.1) is 0 Å². The summed E-state index contributed by atoms with van der Waals surface area (Å²) in [6.45, 7) is 1.80. The third kappa shape index (κ3) is 11.1. The summed E-state index contributed by atoms with van der Waals surface area (Å²) < 4.78 is 12.5. The summed E-state index contributed by atoms with van der Waals surface area (Å²) in [6.07, 6.45) is 2.63. The second-order valence-electron chi connectivity index (χ2n) is 7.88. The molecule has 0 atom stereocenters. The molecule has 0 saturated heterocycles. The summed E-state index contributed by atoms with van der Waals surface area (Å²) >= 11 is 0. The number of rotatable bonds is 9. The molecule has 0 aliphatic rings. The largest absolute Gasteiger partial charge is 0.618 e. The maximum Gasteiger partial charge on any atom is 0.300 e. The molecule has 9 nitrogen and oxygen atoms in total. The fraction of sp³-hybridized carbons (Fsp3) is 0.103. The number of carboxylic acid groups (broad SMARTS) is 1. The normalized spacial score (nSPS) is 10.6. The number of hydrogen-bond acceptors (Lipinski definition) is 6. The van der Waals surface area contributed by atoms with Crippen LogP contribution in [0, 0.1) is 5.21 Å². The molecule has 1 radical (unpaired) electrons. The Morgan fingerprint density at radius 3 is 1.82 bits per heavy atom. The second kappa shape index (κ2) is 16.2. The first kappa shape index (κ1) is 30.6. The Kier molecular flexibility index (Phi) is 12.7. The molecule has 4 rings (SSSR count). The number of carboxylic acids is 1. The van der Waals surface area contributed by atoms with Gasteiger partial charge in [-0.25, -0.2) is 0 Å².